The number of ketones is 1. The van der Waals surface area contributed by atoms with Crippen LogP contribution in [0, 0.1) is 11.8 Å². The molecule has 112 valence electrons. The first-order chi connectivity index (χ1) is 10.3. The van der Waals surface area contributed by atoms with Gasteiger partial charge in [-0.15, -0.1) is 0 Å². The Kier molecular flexibility index (Phi) is 4.34. The average molecular weight is 304 g/mol. The predicted molar refractivity (Wildman–Crippen MR) is 75.1 cm³/mol. The number of hydrogen-bond donors (Lipinski definition) is 1. The van der Waals surface area contributed by atoms with Gasteiger partial charge in [-0.3, -0.25) is 4.79 Å². The minimum atomic E-state index is -5.21. The van der Waals surface area contributed by atoms with E-state index in [0.717, 1.165) is 0 Å². The van der Waals surface area contributed by atoms with Crippen LogP contribution in [0.2, 0.25) is 0 Å². The zero-order valence-corrected chi connectivity index (χ0v) is 11.3. The van der Waals surface area contributed by atoms with Gasteiger partial charge in [0.25, 0.3) is 5.60 Å². The average Bonchev–Trinajstić information content (AvgIpc) is 2.52. The second-order valence-electron chi connectivity index (χ2n) is 4.52. The van der Waals surface area contributed by atoms with Gasteiger partial charge >= 0.3 is 6.18 Å². The quantitative estimate of drug-likeness (QED) is 0.683. The van der Waals surface area contributed by atoms with Gasteiger partial charge in [0, 0.05) is 11.1 Å². The van der Waals surface area contributed by atoms with Crippen LogP contribution in [0.3, 0.4) is 0 Å². The Morgan fingerprint density at radius 2 is 1.41 bits per heavy atom. The molecule has 0 aliphatic rings. The maximum absolute atomic E-state index is 13.2. The fourth-order valence-electron chi connectivity index (χ4n) is 1.74. The van der Waals surface area contributed by atoms with Crippen molar-refractivity contribution in [1.29, 1.82) is 0 Å². The van der Waals surface area contributed by atoms with Crippen molar-refractivity contribution >= 4 is 5.78 Å². The summed E-state index contributed by atoms with van der Waals surface area (Å²) >= 11 is 0. The maximum Gasteiger partial charge on any atom is 0.436 e. The van der Waals surface area contributed by atoms with Crippen LogP contribution in [0.25, 0.3) is 0 Å². The Labute approximate surface area is 125 Å². The van der Waals surface area contributed by atoms with E-state index in [2.05, 4.69) is 5.92 Å². The standard InChI is InChI=1S/C17H11F3O2/c18-17(19,20)16(22,12-11-13-7-3-1-4-8-13)15(21)14-9-5-2-6-10-14/h1-10,22H/t16-/m1/s1. The van der Waals surface area contributed by atoms with Crippen LogP contribution < -0.4 is 0 Å². The Balaban J connectivity index is 2.46. The molecule has 1 atom stereocenters. The fourth-order valence-corrected chi connectivity index (χ4v) is 1.74. The number of rotatable bonds is 2. The molecule has 5 heteroatoms. The molecular formula is C17H11F3O2. The molecule has 0 unspecified atom stereocenters. The van der Waals surface area contributed by atoms with E-state index in [1.807, 2.05) is 0 Å². The molecule has 0 saturated carbocycles. The molecule has 0 aliphatic carbocycles. The van der Waals surface area contributed by atoms with Crippen molar-refractivity contribution in [2.45, 2.75) is 11.8 Å². The van der Waals surface area contributed by atoms with E-state index in [-0.39, 0.29) is 11.1 Å². The molecule has 2 aromatic rings. The van der Waals surface area contributed by atoms with Crippen molar-refractivity contribution in [3.05, 3.63) is 71.8 Å². The van der Waals surface area contributed by atoms with Crippen LogP contribution in [0.1, 0.15) is 15.9 Å². The lowest BCUT2D eigenvalue weighted by Crippen LogP contribution is -2.51. The van der Waals surface area contributed by atoms with Gasteiger partial charge in [0.05, 0.1) is 0 Å². The first-order valence-corrected chi connectivity index (χ1v) is 6.32. The minimum absolute atomic E-state index is 0.260. The molecule has 0 amide bonds. The summed E-state index contributed by atoms with van der Waals surface area (Å²) in [5.74, 6) is 2.39. The Hall–Kier alpha value is -2.58. The van der Waals surface area contributed by atoms with Crippen LogP contribution >= 0.6 is 0 Å². The maximum atomic E-state index is 13.2. The topological polar surface area (TPSA) is 37.3 Å². The summed E-state index contributed by atoms with van der Waals surface area (Å²) in [5, 5.41) is 9.88. The number of halogens is 3. The largest absolute Gasteiger partial charge is 0.436 e. The normalized spacial score (nSPS) is 13.6. The Bertz CT molecular complexity index is 712. The summed E-state index contributed by atoms with van der Waals surface area (Å²) in [5.41, 5.74) is -3.74. The zero-order valence-electron chi connectivity index (χ0n) is 11.3. The van der Waals surface area contributed by atoms with Crippen molar-refractivity contribution < 1.29 is 23.1 Å². The molecule has 0 aliphatic heterocycles. The molecule has 22 heavy (non-hydrogen) atoms. The molecule has 0 fully saturated rings. The van der Waals surface area contributed by atoms with Crippen LogP contribution in [0.15, 0.2) is 60.7 Å². The third-order valence-corrected chi connectivity index (χ3v) is 2.94. The second-order valence-corrected chi connectivity index (χ2v) is 4.52. The van der Waals surface area contributed by atoms with E-state index >= 15 is 0 Å². The van der Waals surface area contributed by atoms with E-state index in [9.17, 15) is 23.1 Å². The van der Waals surface area contributed by atoms with Crippen molar-refractivity contribution in [2.24, 2.45) is 0 Å². The number of Topliss-reactive ketones (excluding diaryl/α,β-unsaturated/α-hetero) is 1. The summed E-state index contributed by atoms with van der Waals surface area (Å²) in [4.78, 5) is 12.1. The highest BCUT2D eigenvalue weighted by molar-refractivity contribution is 6.05. The van der Waals surface area contributed by atoms with E-state index in [1.54, 1.807) is 30.2 Å². The van der Waals surface area contributed by atoms with Gasteiger partial charge in [-0.1, -0.05) is 54.5 Å². The predicted octanol–water partition coefficient (Wildman–Crippen LogP) is 3.21. The second kappa shape index (κ2) is 6.04. The zero-order chi connectivity index (χ0) is 16.2. The molecule has 0 aromatic heterocycles. The summed E-state index contributed by atoms with van der Waals surface area (Å²) in [6, 6.07) is 14.6. The van der Waals surface area contributed by atoms with Crippen molar-refractivity contribution in [2.75, 3.05) is 0 Å². The molecule has 2 aromatic carbocycles. The van der Waals surface area contributed by atoms with Crippen LogP contribution in [-0.4, -0.2) is 22.7 Å². The molecule has 0 radical (unpaired) electrons. The monoisotopic (exact) mass is 304 g/mol. The van der Waals surface area contributed by atoms with Gasteiger partial charge in [0.1, 0.15) is 0 Å². The molecule has 0 heterocycles. The van der Waals surface area contributed by atoms with E-state index < -0.39 is 17.6 Å². The highest BCUT2D eigenvalue weighted by Crippen LogP contribution is 2.33. The number of aliphatic hydroxyl groups is 1. The first-order valence-electron chi connectivity index (χ1n) is 6.32. The lowest BCUT2D eigenvalue weighted by Gasteiger charge is -2.23. The SMILES string of the molecule is O=C(c1ccccc1)[C@](O)(C#Cc1ccccc1)C(F)(F)F. The molecule has 0 spiro atoms. The lowest BCUT2D eigenvalue weighted by molar-refractivity contribution is -0.214. The van der Waals surface area contributed by atoms with E-state index in [1.165, 1.54) is 36.4 Å². The minimum Gasteiger partial charge on any atom is -0.364 e. The number of carbonyl (C=O) groups is 1. The van der Waals surface area contributed by atoms with Crippen molar-refractivity contribution in [3.8, 4) is 11.8 Å². The molecular weight excluding hydrogens is 293 g/mol. The summed E-state index contributed by atoms with van der Waals surface area (Å²) < 4.78 is 39.5. The van der Waals surface area contributed by atoms with Gasteiger partial charge < -0.3 is 5.11 Å². The molecule has 2 rings (SSSR count). The number of carbonyl (C=O) groups excluding carboxylic acids is 1. The van der Waals surface area contributed by atoms with Crippen LogP contribution in [-0.2, 0) is 0 Å². The summed E-state index contributed by atoms with van der Waals surface area (Å²) in [7, 11) is 0. The molecule has 0 saturated heterocycles. The van der Waals surface area contributed by atoms with Gasteiger partial charge in [-0.05, 0) is 18.1 Å². The van der Waals surface area contributed by atoms with E-state index in [4.69, 9.17) is 0 Å². The highest BCUT2D eigenvalue weighted by Gasteiger charge is 2.58. The molecule has 0 bridgehead atoms. The molecule has 1 N–H and O–H groups in total. The number of benzene rings is 2. The van der Waals surface area contributed by atoms with Gasteiger partial charge in [0.2, 0.25) is 5.78 Å². The third-order valence-electron chi connectivity index (χ3n) is 2.94. The first kappa shape index (κ1) is 15.8. The van der Waals surface area contributed by atoms with Gasteiger partial charge in [-0.25, -0.2) is 0 Å². The summed E-state index contributed by atoms with van der Waals surface area (Å²) in [6.45, 7) is 0. The van der Waals surface area contributed by atoms with Crippen molar-refractivity contribution in [3.63, 3.8) is 0 Å². The lowest BCUT2D eigenvalue weighted by atomic mass is 9.92. The number of alkyl halides is 3. The summed E-state index contributed by atoms with van der Waals surface area (Å²) in [6.07, 6.45) is -5.21. The number of hydrogen-bond acceptors (Lipinski definition) is 2. The highest BCUT2D eigenvalue weighted by atomic mass is 19.4. The van der Waals surface area contributed by atoms with E-state index in [0.29, 0.717) is 0 Å². The molecule has 2 nitrogen and oxygen atoms in total. The van der Waals surface area contributed by atoms with Gasteiger partial charge in [0.15, 0.2) is 0 Å². The van der Waals surface area contributed by atoms with Crippen LogP contribution in [0.4, 0.5) is 13.2 Å². The Morgan fingerprint density at radius 1 is 0.909 bits per heavy atom. The third kappa shape index (κ3) is 3.18. The Morgan fingerprint density at radius 3 is 1.91 bits per heavy atom. The fraction of sp³-hybridized carbons (Fsp3) is 0.118. The van der Waals surface area contributed by atoms with Crippen LogP contribution in [0.5, 0.6) is 0 Å². The smallest absolute Gasteiger partial charge is 0.364 e. The van der Waals surface area contributed by atoms with Gasteiger partial charge in [-0.2, -0.15) is 13.2 Å². The van der Waals surface area contributed by atoms with Crippen molar-refractivity contribution in [1.82, 2.24) is 0 Å².